The maximum atomic E-state index is 9.98. The van der Waals surface area contributed by atoms with Gasteiger partial charge < -0.3 is 19.5 Å². The number of nitrogens with zero attached hydrogens (tertiary/aromatic N) is 2. The van der Waals surface area contributed by atoms with Gasteiger partial charge in [-0.05, 0) is 38.6 Å². The molecule has 0 amide bonds. The van der Waals surface area contributed by atoms with E-state index in [1.165, 1.54) is 11.3 Å². The molecule has 1 fully saturated rings. The summed E-state index contributed by atoms with van der Waals surface area (Å²) in [5.41, 5.74) is 2.51. The number of likely N-dealkylation sites (N-methyl/N-ethyl adjacent to an activating group) is 1. The average Bonchev–Trinajstić information content (AvgIpc) is 2.54. The third-order valence-corrected chi connectivity index (χ3v) is 3.91. The van der Waals surface area contributed by atoms with Crippen LogP contribution in [0.3, 0.4) is 0 Å². The zero-order valence-electron chi connectivity index (χ0n) is 14.6. The molecule has 1 saturated heterocycles. The van der Waals surface area contributed by atoms with Gasteiger partial charge in [0.1, 0.15) is 0 Å². The Kier molecular flexibility index (Phi) is 7.30. The molecule has 1 aromatic carbocycles. The quantitative estimate of drug-likeness (QED) is 0.790. The van der Waals surface area contributed by atoms with E-state index in [0.717, 1.165) is 32.8 Å². The number of benzene rings is 1. The number of ether oxygens (including phenoxy) is 2. The summed E-state index contributed by atoms with van der Waals surface area (Å²) in [6.07, 6.45) is -0.294. The summed E-state index contributed by atoms with van der Waals surface area (Å²) < 4.78 is 10.8. The van der Waals surface area contributed by atoms with Crippen LogP contribution >= 0.6 is 0 Å². The van der Waals surface area contributed by atoms with Crippen LogP contribution in [0.15, 0.2) is 24.3 Å². The molecule has 23 heavy (non-hydrogen) atoms. The van der Waals surface area contributed by atoms with Gasteiger partial charge in [0.15, 0.2) is 0 Å². The molecule has 1 unspecified atom stereocenters. The number of aliphatic hydroxyl groups excluding tert-OH is 1. The van der Waals surface area contributed by atoms with E-state index in [1.807, 2.05) is 20.9 Å². The van der Waals surface area contributed by atoms with Crippen LogP contribution in [0.2, 0.25) is 0 Å². The molecule has 0 spiro atoms. The fourth-order valence-corrected chi connectivity index (χ4v) is 2.73. The van der Waals surface area contributed by atoms with Crippen molar-refractivity contribution in [3.8, 4) is 0 Å². The molecular weight excluding hydrogens is 292 g/mol. The molecule has 1 N–H and O–H groups in total. The number of rotatable bonds is 8. The van der Waals surface area contributed by atoms with Gasteiger partial charge in [0.05, 0.1) is 32.0 Å². The van der Waals surface area contributed by atoms with Crippen molar-refractivity contribution in [2.24, 2.45) is 0 Å². The summed E-state index contributed by atoms with van der Waals surface area (Å²) in [5.74, 6) is 0. The highest BCUT2D eigenvalue weighted by molar-refractivity contribution is 5.47. The lowest BCUT2D eigenvalue weighted by Gasteiger charge is -2.29. The van der Waals surface area contributed by atoms with Gasteiger partial charge in [-0.1, -0.05) is 12.1 Å². The highest BCUT2D eigenvalue weighted by Gasteiger charge is 2.12. The number of anilines is 1. The van der Waals surface area contributed by atoms with Crippen molar-refractivity contribution in [2.75, 3.05) is 51.4 Å². The average molecular weight is 322 g/mol. The third kappa shape index (κ3) is 6.47. The summed E-state index contributed by atoms with van der Waals surface area (Å²) in [4.78, 5) is 4.47. The van der Waals surface area contributed by atoms with E-state index >= 15 is 0 Å². The maximum absolute atomic E-state index is 9.98. The fourth-order valence-electron chi connectivity index (χ4n) is 2.73. The van der Waals surface area contributed by atoms with Crippen molar-refractivity contribution < 1.29 is 14.6 Å². The van der Waals surface area contributed by atoms with Crippen LogP contribution < -0.4 is 4.90 Å². The standard InChI is InChI=1S/C18H30N2O3/c1-15(2)23-14-18(21)13-19(3)12-16-4-6-17(7-5-16)20-8-10-22-11-9-20/h4-7,15,18,21H,8-14H2,1-3H3. The molecule has 5 heteroatoms. The molecule has 1 aromatic rings. The Labute approximate surface area is 139 Å². The summed E-state index contributed by atoms with van der Waals surface area (Å²) in [6, 6.07) is 8.68. The molecule has 1 heterocycles. The molecule has 5 nitrogen and oxygen atoms in total. The number of hydrogen-bond donors (Lipinski definition) is 1. The monoisotopic (exact) mass is 322 g/mol. The normalized spacial score (nSPS) is 17.0. The lowest BCUT2D eigenvalue weighted by molar-refractivity contribution is -0.00634. The van der Waals surface area contributed by atoms with Gasteiger partial charge in [-0.3, -0.25) is 4.90 Å². The molecule has 130 valence electrons. The SMILES string of the molecule is CC(C)OCC(O)CN(C)Cc1ccc(N2CCOCC2)cc1. The minimum Gasteiger partial charge on any atom is -0.389 e. The lowest BCUT2D eigenvalue weighted by atomic mass is 10.1. The number of aliphatic hydroxyl groups is 1. The van der Waals surface area contributed by atoms with E-state index < -0.39 is 6.10 Å². The summed E-state index contributed by atoms with van der Waals surface area (Å²) in [5, 5.41) is 9.98. The summed E-state index contributed by atoms with van der Waals surface area (Å²) in [7, 11) is 2.02. The minimum atomic E-state index is -0.449. The van der Waals surface area contributed by atoms with Crippen LogP contribution in [-0.2, 0) is 16.0 Å². The number of morpholine rings is 1. The van der Waals surface area contributed by atoms with E-state index in [4.69, 9.17) is 9.47 Å². The topological polar surface area (TPSA) is 45.2 Å². The van der Waals surface area contributed by atoms with Gasteiger partial charge in [0.2, 0.25) is 0 Å². The van der Waals surface area contributed by atoms with Crippen molar-refractivity contribution >= 4 is 5.69 Å². The summed E-state index contributed by atoms with van der Waals surface area (Å²) >= 11 is 0. The van der Waals surface area contributed by atoms with Gasteiger partial charge >= 0.3 is 0 Å². The second kappa shape index (κ2) is 9.23. The van der Waals surface area contributed by atoms with Crippen LogP contribution in [0.5, 0.6) is 0 Å². The van der Waals surface area contributed by atoms with E-state index in [2.05, 4.69) is 34.1 Å². The fraction of sp³-hybridized carbons (Fsp3) is 0.667. The molecular formula is C18H30N2O3. The highest BCUT2D eigenvalue weighted by atomic mass is 16.5. The van der Waals surface area contributed by atoms with Gasteiger partial charge in [0.25, 0.3) is 0 Å². The highest BCUT2D eigenvalue weighted by Crippen LogP contribution is 2.17. The van der Waals surface area contributed by atoms with Crippen LogP contribution in [0.25, 0.3) is 0 Å². The van der Waals surface area contributed by atoms with Crippen molar-refractivity contribution in [3.63, 3.8) is 0 Å². The smallest absolute Gasteiger partial charge is 0.0900 e. The second-order valence-corrected chi connectivity index (χ2v) is 6.50. The zero-order valence-corrected chi connectivity index (χ0v) is 14.6. The maximum Gasteiger partial charge on any atom is 0.0900 e. The first-order valence-corrected chi connectivity index (χ1v) is 8.44. The first kappa shape index (κ1) is 18.2. The van der Waals surface area contributed by atoms with Gasteiger partial charge in [-0.25, -0.2) is 0 Å². The van der Waals surface area contributed by atoms with Crippen molar-refractivity contribution in [3.05, 3.63) is 29.8 Å². The largest absolute Gasteiger partial charge is 0.389 e. The Hall–Kier alpha value is -1.14. The minimum absolute atomic E-state index is 0.155. The molecule has 1 aliphatic rings. The van der Waals surface area contributed by atoms with E-state index in [1.54, 1.807) is 0 Å². The molecule has 0 radical (unpaired) electrons. The molecule has 1 atom stereocenters. The Morgan fingerprint density at radius 1 is 1.22 bits per heavy atom. The van der Waals surface area contributed by atoms with E-state index in [-0.39, 0.29) is 6.10 Å². The predicted octanol–water partition coefficient (Wildman–Crippen LogP) is 1.74. The molecule has 0 aliphatic carbocycles. The molecule has 2 rings (SSSR count). The van der Waals surface area contributed by atoms with Gasteiger partial charge in [0, 0.05) is 31.9 Å². The van der Waals surface area contributed by atoms with E-state index in [9.17, 15) is 5.11 Å². The van der Waals surface area contributed by atoms with Crippen molar-refractivity contribution in [2.45, 2.75) is 32.6 Å². The predicted molar refractivity (Wildman–Crippen MR) is 92.9 cm³/mol. The van der Waals surface area contributed by atoms with Crippen LogP contribution in [-0.4, -0.2) is 68.7 Å². The summed E-state index contributed by atoms with van der Waals surface area (Å²) in [6.45, 7) is 9.31. The van der Waals surface area contributed by atoms with Gasteiger partial charge in [-0.15, -0.1) is 0 Å². The van der Waals surface area contributed by atoms with Crippen LogP contribution in [0.4, 0.5) is 5.69 Å². The molecule has 0 bridgehead atoms. The van der Waals surface area contributed by atoms with Gasteiger partial charge in [-0.2, -0.15) is 0 Å². The Morgan fingerprint density at radius 3 is 2.48 bits per heavy atom. The Balaban J connectivity index is 1.78. The van der Waals surface area contributed by atoms with Crippen molar-refractivity contribution in [1.29, 1.82) is 0 Å². The molecule has 0 aromatic heterocycles. The van der Waals surface area contributed by atoms with Crippen LogP contribution in [0, 0.1) is 0 Å². The first-order valence-electron chi connectivity index (χ1n) is 8.44. The van der Waals surface area contributed by atoms with Crippen molar-refractivity contribution in [1.82, 2.24) is 4.90 Å². The van der Waals surface area contributed by atoms with Crippen LogP contribution in [0.1, 0.15) is 19.4 Å². The zero-order chi connectivity index (χ0) is 16.7. The Morgan fingerprint density at radius 2 is 1.87 bits per heavy atom. The first-order chi connectivity index (χ1) is 11.0. The number of hydrogen-bond acceptors (Lipinski definition) is 5. The lowest BCUT2D eigenvalue weighted by Crippen LogP contribution is -2.36. The Bertz CT molecular complexity index is 444. The third-order valence-electron chi connectivity index (χ3n) is 3.91. The molecule has 0 saturated carbocycles. The second-order valence-electron chi connectivity index (χ2n) is 6.50. The molecule has 1 aliphatic heterocycles. The van der Waals surface area contributed by atoms with E-state index in [0.29, 0.717) is 13.2 Å².